The fourth-order valence-electron chi connectivity index (χ4n) is 1.87. The van der Waals surface area contributed by atoms with Crippen LogP contribution < -0.4 is 5.73 Å². The van der Waals surface area contributed by atoms with Crippen molar-refractivity contribution in [1.29, 1.82) is 0 Å². The van der Waals surface area contributed by atoms with E-state index >= 15 is 0 Å². The fourth-order valence-corrected chi connectivity index (χ4v) is 1.87. The Balaban J connectivity index is 2.65. The van der Waals surface area contributed by atoms with Crippen molar-refractivity contribution in [2.45, 2.75) is 6.92 Å². The van der Waals surface area contributed by atoms with Crippen LogP contribution in [0.25, 0.3) is 11.1 Å². The minimum absolute atomic E-state index is 0.308. The van der Waals surface area contributed by atoms with Gasteiger partial charge >= 0.3 is 0 Å². The third kappa shape index (κ3) is 2.04. The Morgan fingerprint density at radius 1 is 1.06 bits per heavy atom. The van der Waals surface area contributed by atoms with Crippen LogP contribution in [-0.4, -0.2) is 5.91 Å². The van der Waals surface area contributed by atoms with E-state index in [-0.39, 0.29) is 5.82 Å². The molecule has 0 spiro atoms. The Labute approximate surface area is 98.9 Å². The van der Waals surface area contributed by atoms with Crippen LogP contribution in [0.2, 0.25) is 0 Å². The monoisotopic (exact) mass is 229 g/mol. The second-order valence-corrected chi connectivity index (χ2v) is 3.82. The average Bonchev–Trinajstić information content (AvgIpc) is 2.30. The summed E-state index contributed by atoms with van der Waals surface area (Å²) in [6, 6.07) is 11.6. The number of amides is 1. The summed E-state index contributed by atoms with van der Waals surface area (Å²) in [6.45, 7) is 1.77. The minimum Gasteiger partial charge on any atom is -0.366 e. The first-order chi connectivity index (χ1) is 8.11. The number of halogens is 1. The maximum Gasteiger partial charge on any atom is 0.248 e. The van der Waals surface area contributed by atoms with Crippen LogP contribution in [0.1, 0.15) is 15.9 Å². The molecule has 0 radical (unpaired) electrons. The molecule has 0 fully saturated rings. The van der Waals surface area contributed by atoms with E-state index in [9.17, 15) is 9.18 Å². The molecule has 2 nitrogen and oxygen atoms in total. The number of hydrogen-bond donors (Lipinski definition) is 1. The number of nitrogens with two attached hydrogens (primary N) is 1. The zero-order valence-electron chi connectivity index (χ0n) is 9.41. The third-order valence-electron chi connectivity index (χ3n) is 2.76. The molecule has 0 bridgehead atoms. The van der Waals surface area contributed by atoms with E-state index in [0.29, 0.717) is 22.3 Å². The molecule has 0 saturated heterocycles. The van der Waals surface area contributed by atoms with E-state index in [2.05, 4.69) is 0 Å². The first kappa shape index (κ1) is 11.3. The topological polar surface area (TPSA) is 43.1 Å². The minimum atomic E-state index is -0.499. The standard InChI is InChI=1S/C14H12FNO/c1-9-10(6-4-7-11(9)14(16)17)12-5-2-3-8-13(12)15/h2-8H,1H3,(H2,16,17). The summed E-state index contributed by atoms with van der Waals surface area (Å²) in [5.41, 5.74) is 7.56. The summed E-state index contributed by atoms with van der Waals surface area (Å²) in [5.74, 6) is -0.807. The number of carbonyl (C=O) groups is 1. The molecule has 0 aromatic heterocycles. The molecule has 2 aromatic rings. The molecule has 17 heavy (non-hydrogen) atoms. The van der Waals surface area contributed by atoms with E-state index in [1.807, 2.05) is 0 Å². The number of carbonyl (C=O) groups excluding carboxylic acids is 1. The second-order valence-electron chi connectivity index (χ2n) is 3.82. The maximum absolute atomic E-state index is 13.7. The van der Waals surface area contributed by atoms with Gasteiger partial charge in [-0.1, -0.05) is 30.3 Å². The maximum atomic E-state index is 13.7. The Kier molecular flexibility index (Phi) is 2.91. The third-order valence-corrected chi connectivity index (χ3v) is 2.76. The lowest BCUT2D eigenvalue weighted by atomic mass is 9.96. The summed E-state index contributed by atoms with van der Waals surface area (Å²) in [4.78, 5) is 11.2. The second kappa shape index (κ2) is 4.37. The summed E-state index contributed by atoms with van der Waals surface area (Å²) < 4.78 is 13.7. The predicted octanol–water partition coefficient (Wildman–Crippen LogP) is 2.90. The van der Waals surface area contributed by atoms with Gasteiger partial charge in [-0.25, -0.2) is 4.39 Å². The van der Waals surface area contributed by atoms with Crippen molar-refractivity contribution in [2.75, 3.05) is 0 Å². The summed E-state index contributed by atoms with van der Waals surface area (Å²) >= 11 is 0. The molecule has 2 aromatic carbocycles. The van der Waals surface area contributed by atoms with Gasteiger partial charge < -0.3 is 5.73 Å². The van der Waals surface area contributed by atoms with Crippen LogP contribution in [0.5, 0.6) is 0 Å². The molecule has 0 aliphatic carbocycles. The van der Waals surface area contributed by atoms with Crippen molar-refractivity contribution in [2.24, 2.45) is 5.73 Å². The van der Waals surface area contributed by atoms with Gasteiger partial charge in [0.25, 0.3) is 0 Å². The van der Waals surface area contributed by atoms with E-state index in [0.717, 1.165) is 0 Å². The van der Waals surface area contributed by atoms with E-state index in [4.69, 9.17) is 5.73 Å². The van der Waals surface area contributed by atoms with Crippen LogP contribution in [0.3, 0.4) is 0 Å². The first-order valence-electron chi connectivity index (χ1n) is 5.25. The Morgan fingerprint density at radius 2 is 1.71 bits per heavy atom. The van der Waals surface area contributed by atoms with Gasteiger partial charge in [-0.05, 0) is 30.2 Å². The van der Waals surface area contributed by atoms with Crippen molar-refractivity contribution in [3.8, 4) is 11.1 Å². The molecule has 0 saturated carbocycles. The molecule has 0 atom stereocenters. The molecular weight excluding hydrogens is 217 g/mol. The van der Waals surface area contributed by atoms with Crippen LogP contribution in [0.15, 0.2) is 42.5 Å². The summed E-state index contributed by atoms with van der Waals surface area (Å²) in [5, 5.41) is 0. The zero-order valence-corrected chi connectivity index (χ0v) is 9.41. The molecule has 2 N–H and O–H groups in total. The highest BCUT2D eigenvalue weighted by Crippen LogP contribution is 2.27. The Bertz CT molecular complexity index is 578. The van der Waals surface area contributed by atoms with Gasteiger partial charge in [0.05, 0.1) is 0 Å². The lowest BCUT2D eigenvalue weighted by molar-refractivity contribution is 0.1000. The Hall–Kier alpha value is -2.16. The van der Waals surface area contributed by atoms with Crippen LogP contribution >= 0.6 is 0 Å². The fraction of sp³-hybridized carbons (Fsp3) is 0.0714. The van der Waals surface area contributed by atoms with Crippen molar-refractivity contribution >= 4 is 5.91 Å². The highest BCUT2D eigenvalue weighted by Gasteiger charge is 2.12. The molecular formula is C14H12FNO. The highest BCUT2D eigenvalue weighted by molar-refractivity contribution is 5.96. The van der Waals surface area contributed by atoms with Crippen LogP contribution in [0, 0.1) is 12.7 Å². The number of hydrogen-bond acceptors (Lipinski definition) is 1. The largest absolute Gasteiger partial charge is 0.366 e. The number of benzene rings is 2. The molecule has 3 heteroatoms. The van der Waals surface area contributed by atoms with Crippen molar-refractivity contribution < 1.29 is 9.18 Å². The van der Waals surface area contributed by atoms with Gasteiger partial charge in [-0.15, -0.1) is 0 Å². The molecule has 1 amide bonds. The summed E-state index contributed by atoms with van der Waals surface area (Å²) in [7, 11) is 0. The van der Waals surface area contributed by atoms with Gasteiger partial charge in [-0.3, -0.25) is 4.79 Å². The van der Waals surface area contributed by atoms with Gasteiger partial charge in [0.1, 0.15) is 5.82 Å². The van der Waals surface area contributed by atoms with Gasteiger partial charge in [0.2, 0.25) is 5.91 Å². The van der Waals surface area contributed by atoms with Gasteiger partial charge in [0, 0.05) is 11.1 Å². The average molecular weight is 229 g/mol. The Morgan fingerprint density at radius 3 is 2.35 bits per heavy atom. The quantitative estimate of drug-likeness (QED) is 0.845. The molecule has 0 unspecified atom stereocenters. The summed E-state index contributed by atoms with van der Waals surface area (Å²) in [6.07, 6.45) is 0. The normalized spacial score (nSPS) is 10.2. The molecule has 86 valence electrons. The van der Waals surface area contributed by atoms with E-state index in [1.165, 1.54) is 6.07 Å². The lowest BCUT2D eigenvalue weighted by Gasteiger charge is -2.09. The predicted molar refractivity (Wildman–Crippen MR) is 65.1 cm³/mol. The molecule has 2 rings (SSSR count). The smallest absolute Gasteiger partial charge is 0.248 e. The van der Waals surface area contributed by atoms with E-state index < -0.39 is 5.91 Å². The number of primary amides is 1. The molecule has 0 aliphatic heterocycles. The highest BCUT2D eigenvalue weighted by atomic mass is 19.1. The van der Waals surface area contributed by atoms with Crippen LogP contribution in [-0.2, 0) is 0 Å². The lowest BCUT2D eigenvalue weighted by Crippen LogP contribution is -2.13. The SMILES string of the molecule is Cc1c(C(N)=O)cccc1-c1ccccc1F. The van der Waals surface area contributed by atoms with E-state index in [1.54, 1.807) is 43.3 Å². The van der Waals surface area contributed by atoms with Crippen LogP contribution in [0.4, 0.5) is 4.39 Å². The van der Waals surface area contributed by atoms with Gasteiger partial charge in [-0.2, -0.15) is 0 Å². The molecule has 0 heterocycles. The zero-order chi connectivity index (χ0) is 12.4. The molecule has 0 aliphatic rings. The van der Waals surface area contributed by atoms with Gasteiger partial charge in [0.15, 0.2) is 0 Å². The first-order valence-corrected chi connectivity index (χ1v) is 5.25. The number of rotatable bonds is 2. The van der Waals surface area contributed by atoms with Crippen molar-refractivity contribution in [1.82, 2.24) is 0 Å². The van der Waals surface area contributed by atoms with Crippen molar-refractivity contribution in [3.63, 3.8) is 0 Å². The van der Waals surface area contributed by atoms with Crippen molar-refractivity contribution in [3.05, 3.63) is 59.4 Å².